The molecule has 0 saturated carbocycles. The Morgan fingerprint density at radius 2 is 2.05 bits per heavy atom. The highest BCUT2D eigenvalue weighted by Gasteiger charge is 2.12. The molecule has 0 bridgehead atoms. The summed E-state index contributed by atoms with van der Waals surface area (Å²) in [6, 6.07) is 12.5. The molecule has 2 aromatic rings. The standard InChI is InChI=1S/C17H19ClN2/c1-12-5-2-9-15(18)16(12)20-11-14-7-3-6-13-8-4-10-19-17(13)14/h2-3,5-7,9,19-20H,4,8,10-11H2,1H3. The first kappa shape index (κ1) is 13.3. The van der Waals surface area contributed by atoms with Gasteiger partial charge in [0.15, 0.2) is 0 Å². The molecule has 0 amide bonds. The zero-order valence-electron chi connectivity index (χ0n) is 11.7. The van der Waals surface area contributed by atoms with Gasteiger partial charge in [-0.3, -0.25) is 0 Å². The number of nitrogens with one attached hydrogen (secondary N) is 2. The van der Waals surface area contributed by atoms with Gasteiger partial charge in [-0.15, -0.1) is 0 Å². The first-order chi connectivity index (χ1) is 9.75. The number of hydrogen-bond donors (Lipinski definition) is 2. The molecule has 3 heteroatoms. The summed E-state index contributed by atoms with van der Waals surface area (Å²) in [6.45, 7) is 3.93. The predicted octanol–water partition coefficient (Wildman–Crippen LogP) is 4.62. The first-order valence-electron chi connectivity index (χ1n) is 7.09. The molecule has 1 aliphatic rings. The van der Waals surface area contributed by atoms with Crippen molar-refractivity contribution in [2.24, 2.45) is 0 Å². The summed E-state index contributed by atoms with van der Waals surface area (Å²) in [5, 5.41) is 7.78. The Balaban J connectivity index is 1.82. The van der Waals surface area contributed by atoms with Crippen LogP contribution in [0.25, 0.3) is 0 Å². The summed E-state index contributed by atoms with van der Waals surface area (Å²) in [5.41, 5.74) is 6.24. The molecule has 104 valence electrons. The Bertz CT molecular complexity index is 602. The van der Waals surface area contributed by atoms with Gasteiger partial charge in [-0.05, 0) is 42.5 Å². The molecule has 0 fully saturated rings. The quantitative estimate of drug-likeness (QED) is 0.860. The van der Waals surface area contributed by atoms with Gasteiger partial charge in [-0.2, -0.15) is 0 Å². The third kappa shape index (κ3) is 2.61. The van der Waals surface area contributed by atoms with Gasteiger partial charge >= 0.3 is 0 Å². The van der Waals surface area contributed by atoms with Crippen molar-refractivity contribution < 1.29 is 0 Å². The average Bonchev–Trinajstić information content (AvgIpc) is 2.47. The van der Waals surface area contributed by atoms with Gasteiger partial charge < -0.3 is 10.6 Å². The van der Waals surface area contributed by atoms with Gasteiger partial charge in [0.25, 0.3) is 0 Å². The van der Waals surface area contributed by atoms with Gasteiger partial charge in [0.1, 0.15) is 0 Å². The van der Waals surface area contributed by atoms with E-state index in [0.717, 1.165) is 23.8 Å². The summed E-state index contributed by atoms with van der Waals surface area (Å²) >= 11 is 6.26. The van der Waals surface area contributed by atoms with Crippen LogP contribution in [0.5, 0.6) is 0 Å². The summed E-state index contributed by atoms with van der Waals surface area (Å²) in [7, 11) is 0. The summed E-state index contributed by atoms with van der Waals surface area (Å²) in [6.07, 6.45) is 2.38. The number of halogens is 1. The van der Waals surface area contributed by atoms with Crippen molar-refractivity contribution in [2.75, 3.05) is 17.2 Å². The lowest BCUT2D eigenvalue weighted by Crippen LogP contribution is -2.15. The van der Waals surface area contributed by atoms with Gasteiger partial charge in [0, 0.05) is 18.8 Å². The third-order valence-corrected chi connectivity index (χ3v) is 4.15. The molecule has 0 radical (unpaired) electrons. The van der Waals surface area contributed by atoms with E-state index in [1.54, 1.807) is 0 Å². The highest BCUT2D eigenvalue weighted by atomic mass is 35.5. The lowest BCUT2D eigenvalue weighted by molar-refractivity contribution is 0.825. The molecule has 0 aliphatic carbocycles. The zero-order valence-corrected chi connectivity index (χ0v) is 12.4. The number of rotatable bonds is 3. The normalized spacial score (nSPS) is 13.5. The lowest BCUT2D eigenvalue weighted by Gasteiger charge is -2.22. The number of para-hydroxylation sites is 2. The van der Waals surface area contributed by atoms with Crippen LogP contribution in [-0.2, 0) is 13.0 Å². The van der Waals surface area contributed by atoms with Crippen LogP contribution < -0.4 is 10.6 Å². The highest BCUT2D eigenvalue weighted by Crippen LogP contribution is 2.29. The van der Waals surface area contributed by atoms with Gasteiger partial charge in [0.05, 0.1) is 10.7 Å². The van der Waals surface area contributed by atoms with Crippen LogP contribution in [0.4, 0.5) is 11.4 Å². The minimum absolute atomic E-state index is 0.780. The summed E-state index contributed by atoms with van der Waals surface area (Å²) in [4.78, 5) is 0. The molecule has 1 aliphatic heterocycles. The SMILES string of the molecule is Cc1cccc(Cl)c1NCc1cccc2c1NCCC2. The molecule has 20 heavy (non-hydrogen) atoms. The minimum Gasteiger partial charge on any atom is -0.385 e. The van der Waals surface area contributed by atoms with E-state index in [4.69, 9.17) is 11.6 Å². The molecule has 0 saturated heterocycles. The van der Waals surface area contributed by atoms with Crippen molar-refractivity contribution >= 4 is 23.0 Å². The van der Waals surface area contributed by atoms with E-state index in [1.165, 1.54) is 35.2 Å². The number of benzene rings is 2. The minimum atomic E-state index is 0.780. The highest BCUT2D eigenvalue weighted by molar-refractivity contribution is 6.33. The predicted molar refractivity (Wildman–Crippen MR) is 86.8 cm³/mol. The summed E-state index contributed by atoms with van der Waals surface area (Å²) < 4.78 is 0. The fraction of sp³-hybridized carbons (Fsp3) is 0.294. The maximum atomic E-state index is 6.26. The van der Waals surface area contributed by atoms with Crippen molar-refractivity contribution in [1.29, 1.82) is 0 Å². The molecular formula is C17H19ClN2. The topological polar surface area (TPSA) is 24.1 Å². The average molecular weight is 287 g/mol. The van der Waals surface area contributed by atoms with Crippen LogP contribution in [0.1, 0.15) is 23.1 Å². The van der Waals surface area contributed by atoms with E-state index in [9.17, 15) is 0 Å². The van der Waals surface area contributed by atoms with Crippen molar-refractivity contribution in [3.63, 3.8) is 0 Å². The van der Waals surface area contributed by atoms with Crippen LogP contribution in [0, 0.1) is 6.92 Å². The fourth-order valence-corrected chi connectivity index (χ4v) is 3.06. The van der Waals surface area contributed by atoms with Crippen LogP contribution in [-0.4, -0.2) is 6.54 Å². The second kappa shape index (κ2) is 5.76. The maximum Gasteiger partial charge on any atom is 0.0640 e. The molecule has 2 N–H and O–H groups in total. The van der Waals surface area contributed by atoms with Crippen LogP contribution in [0.3, 0.4) is 0 Å². The van der Waals surface area contributed by atoms with E-state index < -0.39 is 0 Å². The zero-order chi connectivity index (χ0) is 13.9. The monoisotopic (exact) mass is 286 g/mol. The van der Waals surface area contributed by atoms with Crippen molar-refractivity contribution in [1.82, 2.24) is 0 Å². The molecule has 0 aromatic heterocycles. The molecule has 1 heterocycles. The molecule has 0 atom stereocenters. The van der Waals surface area contributed by atoms with Crippen LogP contribution in [0.15, 0.2) is 36.4 Å². The number of fused-ring (bicyclic) bond motifs is 1. The number of aryl methyl sites for hydroxylation is 2. The number of anilines is 2. The molecular weight excluding hydrogens is 268 g/mol. The Kier molecular flexibility index (Phi) is 3.83. The molecule has 3 rings (SSSR count). The number of hydrogen-bond acceptors (Lipinski definition) is 2. The van der Waals surface area contributed by atoms with Gasteiger partial charge in [-0.1, -0.05) is 41.9 Å². The van der Waals surface area contributed by atoms with Gasteiger partial charge in [0.2, 0.25) is 0 Å². The second-order valence-corrected chi connectivity index (χ2v) is 5.67. The Morgan fingerprint density at radius 3 is 2.90 bits per heavy atom. The van der Waals surface area contributed by atoms with E-state index in [-0.39, 0.29) is 0 Å². The van der Waals surface area contributed by atoms with E-state index in [2.05, 4.69) is 41.8 Å². The largest absolute Gasteiger partial charge is 0.385 e. The van der Waals surface area contributed by atoms with Gasteiger partial charge in [-0.25, -0.2) is 0 Å². The fourth-order valence-electron chi connectivity index (χ4n) is 2.77. The lowest BCUT2D eigenvalue weighted by atomic mass is 9.99. The Hall–Kier alpha value is -1.67. The van der Waals surface area contributed by atoms with E-state index in [0.29, 0.717) is 0 Å². The van der Waals surface area contributed by atoms with Crippen molar-refractivity contribution in [3.05, 3.63) is 58.1 Å². The second-order valence-electron chi connectivity index (χ2n) is 5.27. The molecule has 0 spiro atoms. The van der Waals surface area contributed by atoms with E-state index in [1.807, 2.05) is 12.1 Å². The smallest absolute Gasteiger partial charge is 0.0640 e. The van der Waals surface area contributed by atoms with Crippen LogP contribution >= 0.6 is 11.6 Å². The van der Waals surface area contributed by atoms with E-state index >= 15 is 0 Å². The first-order valence-corrected chi connectivity index (χ1v) is 7.47. The molecule has 2 nitrogen and oxygen atoms in total. The molecule has 2 aromatic carbocycles. The Labute approximate surface area is 125 Å². The maximum absolute atomic E-state index is 6.26. The van der Waals surface area contributed by atoms with Crippen molar-refractivity contribution in [2.45, 2.75) is 26.3 Å². The van der Waals surface area contributed by atoms with Crippen LogP contribution in [0.2, 0.25) is 5.02 Å². The molecule has 0 unspecified atom stereocenters. The van der Waals surface area contributed by atoms with Crippen molar-refractivity contribution in [3.8, 4) is 0 Å². The summed E-state index contributed by atoms with van der Waals surface area (Å²) in [5.74, 6) is 0. The Morgan fingerprint density at radius 1 is 1.20 bits per heavy atom. The third-order valence-electron chi connectivity index (χ3n) is 3.84.